The molecule has 0 saturated carbocycles. The number of ether oxygens (including phenoxy) is 1. The molecule has 2 aliphatic heterocycles. The summed E-state index contributed by atoms with van der Waals surface area (Å²) >= 11 is 0. The molecular weight excluding hydrogens is 234 g/mol. The zero-order valence-corrected chi connectivity index (χ0v) is 11.3. The lowest BCUT2D eigenvalue weighted by atomic mass is 9.98. The highest BCUT2D eigenvalue weighted by Gasteiger charge is 2.44. The number of nitrogens with zero attached hydrogens (tertiary/aromatic N) is 3. The van der Waals surface area contributed by atoms with Crippen LogP contribution in [0.4, 0.5) is 0 Å². The Bertz CT molecular complexity index is 370. The van der Waals surface area contributed by atoms with E-state index in [2.05, 4.69) is 6.92 Å². The van der Waals surface area contributed by atoms with Crippen LogP contribution in [-0.2, 0) is 4.74 Å². The normalized spacial score (nSPS) is 27.7. The van der Waals surface area contributed by atoms with Crippen LogP contribution in [0, 0.1) is 16.0 Å². The number of rotatable bonds is 4. The fraction of sp³-hybridized carbons (Fsp3) is 0.833. The minimum Gasteiger partial charge on any atom is -0.358 e. The van der Waals surface area contributed by atoms with Gasteiger partial charge in [-0.05, 0) is 6.42 Å². The summed E-state index contributed by atoms with van der Waals surface area (Å²) < 4.78 is 5.84. The van der Waals surface area contributed by atoms with Crippen molar-refractivity contribution in [2.24, 2.45) is 5.92 Å². The Morgan fingerprint density at radius 2 is 2.22 bits per heavy atom. The van der Waals surface area contributed by atoms with E-state index in [4.69, 9.17) is 4.74 Å². The SMILES string of the molecule is CCCOC1CC(C)C([N+](=O)[O-])=C2N(C)CCN21. The van der Waals surface area contributed by atoms with Gasteiger partial charge in [-0.2, -0.15) is 0 Å². The van der Waals surface area contributed by atoms with Crippen LogP contribution in [0.1, 0.15) is 26.7 Å². The second kappa shape index (κ2) is 5.14. The predicted molar refractivity (Wildman–Crippen MR) is 67.2 cm³/mol. The summed E-state index contributed by atoms with van der Waals surface area (Å²) in [4.78, 5) is 15.0. The fourth-order valence-electron chi connectivity index (χ4n) is 2.75. The van der Waals surface area contributed by atoms with Gasteiger partial charge in [0, 0.05) is 33.2 Å². The van der Waals surface area contributed by atoms with E-state index in [1.165, 1.54) is 0 Å². The Labute approximate surface area is 107 Å². The Balaban J connectivity index is 2.29. The highest BCUT2D eigenvalue weighted by Crippen LogP contribution is 2.36. The molecule has 6 heteroatoms. The summed E-state index contributed by atoms with van der Waals surface area (Å²) in [5.74, 6) is 0.688. The molecule has 0 spiro atoms. The van der Waals surface area contributed by atoms with Crippen molar-refractivity contribution in [3.05, 3.63) is 21.6 Å². The minimum absolute atomic E-state index is 0.0106. The van der Waals surface area contributed by atoms with Crippen molar-refractivity contribution in [2.75, 3.05) is 26.7 Å². The van der Waals surface area contributed by atoms with Crippen molar-refractivity contribution in [3.63, 3.8) is 0 Å². The molecule has 0 aromatic heterocycles. The number of hydrogen-bond donors (Lipinski definition) is 0. The molecule has 0 amide bonds. The van der Waals surface area contributed by atoms with E-state index >= 15 is 0 Å². The zero-order chi connectivity index (χ0) is 13.3. The van der Waals surface area contributed by atoms with Crippen LogP contribution in [0.25, 0.3) is 0 Å². The molecule has 6 nitrogen and oxygen atoms in total. The van der Waals surface area contributed by atoms with Crippen molar-refractivity contribution in [1.82, 2.24) is 9.80 Å². The van der Waals surface area contributed by atoms with Gasteiger partial charge in [-0.15, -0.1) is 0 Å². The van der Waals surface area contributed by atoms with Gasteiger partial charge in [-0.25, -0.2) is 0 Å². The number of likely N-dealkylation sites (N-methyl/N-ethyl adjacent to an activating group) is 1. The predicted octanol–water partition coefficient (Wildman–Crippen LogP) is 1.47. The van der Waals surface area contributed by atoms with Crippen LogP contribution in [0.15, 0.2) is 11.5 Å². The average Bonchev–Trinajstić information content (AvgIpc) is 2.68. The third-order valence-electron chi connectivity index (χ3n) is 3.62. The first kappa shape index (κ1) is 13.1. The molecule has 0 aromatic carbocycles. The topological polar surface area (TPSA) is 58.9 Å². The summed E-state index contributed by atoms with van der Waals surface area (Å²) in [7, 11) is 1.91. The van der Waals surface area contributed by atoms with Crippen LogP contribution >= 0.6 is 0 Å². The molecule has 0 bridgehead atoms. The summed E-state index contributed by atoms with van der Waals surface area (Å²) in [5.41, 5.74) is 0.339. The number of hydrogen-bond acceptors (Lipinski definition) is 5. The smallest absolute Gasteiger partial charge is 0.289 e. The van der Waals surface area contributed by atoms with Gasteiger partial charge >= 0.3 is 0 Å². The van der Waals surface area contributed by atoms with Crippen molar-refractivity contribution in [1.29, 1.82) is 0 Å². The molecule has 1 saturated heterocycles. The van der Waals surface area contributed by atoms with Gasteiger partial charge in [0.2, 0.25) is 0 Å². The highest BCUT2D eigenvalue weighted by atomic mass is 16.6. The highest BCUT2D eigenvalue weighted by molar-refractivity contribution is 5.16. The van der Waals surface area contributed by atoms with Crippen molar-refractivity contribution in [3.8, 4) is 0 Å². The Hall–Kier alpha value is -1.30. The van der Waals surface area contributed by atoms with Crippen LogP contribution < -0.4 is 0 Å². The summed E-state index contributed by atoms with van der Waals surface area (Å²) in [5, 5.41) is 11.2. The van der Waals surface area contributed by atoms with Crippen molar-refractivity contribution in [2.45, 2.75) is 32.9 Å². The van der Waals surface area contributed by atoms with Gasteiger partial charge in [-0.3, -0.25) is 10.1 Å². The maximum atomic E-state index is 11.2. The maximum Gasteiger partial charge on any atom is 0.289 e. The Morgan fingerprint density at radius 1 is 1.50 bits per heavy atom. The van der Waals surface area contributed by atoms with Crippen LogP contribution in [0.2, 0.25) is 0 Å². The third-order valence-corrected chi connectivity index (χ3v) is 3.62. The molecule has 2 heterocycles. The quantitative estimate of drug-likeness (QED) is 0.562. The zero-order valence-electron chi connectivity index (χ0n) is 11.3. The number of fused-ring (bicyclic) bond motifs is 1. The molecule has 18 heavy (non-hydrogen) atoms. The molecule has 0 radical (unpaired) electrons. The molecule has 0 aromatic rings. The largest absolute Gasteiger partial charge is 0.358 e. The van der Waals surface area contributed by atoms with E-state index in [9.17, 15) is 10.1 Å². The van der Waals surface area contributed by atoms with E-state index < -0.39 is 0 Å². The summed E-state index contributed by atoms with van der Waals surface area (Å²) in [6.45, 7) is 6.33. The molecule has 0 N–H and O–H groups in total. The summed E-state index contributed by atoms with van der Waals surface area (Å²) in [6, 6.07) is 0. The molecule has 2 atom stereocenters. The van der Waals surface area contributed by atoms with Gasteiger partial charge < -0.3 is 14.5 Å². The standard InChI is InChI=1S/C12H21N3O3/c1-4-7-18-10-8-9(2)11(15(16)17)12-13(3)5-6-14(10)12/h9-10H,4-8H2,1-3H3. The average molecular weight is 255 g/mol. The molecular formula is C12H21N3O3. The van der Waals surface area contributed by atoms with Crippen LogP contribution in [0.5, 0.6) is 0 Å². The second-order valence-electron chi connectivity index (χ2n) is 5.04. The fourth-order valence-corrected chi connectivity index (χ4v) is 2.75. The minimum atomic E-state index is -0.231. The van der Waals surface area contributed by atoms with Crippen molar-refractivity contribution < 1.29 is 9.66 Å². The van der Waals surface area contributed by atoms with Gasteiger partial charge in [0.1, 0.15) is 6.23 Å². The van der Waals surface area contributed by atoms with Gasteiger partial charge in [0.25, 0.3) is 5.70 Å². The Kier molecular flexibility index (Phi) is 3.75. The first-order valence-electron chi connectivity index (χ1n) is 6.54. The number of nitro groups is 1. The van der Waals surface area contributed by atoms with E-state index in [0.29, 0.717) is 18.7 Å². The van der Waals surface area contributed by atoms with Gasteiger partial charge in [-0.1, -0.05) is 13.8 Å². The lowest BCUT2D eigenvalue weighted by Gasteiger charge is -2.36. The van der Waals surface area contributed by atoms with E-state index in [1.54, 1.807) is 0 Å². The second-order valence-corrected chi connectivity index (χ2v) is 5.04. The third kappa shape index (κ3) is 2.16. The van der Waals surface area contributed by atoms with Crippen molar-refractivity contribution >= 4 is 0 Å². The van der Waals surface area contributed by atoms with Gasteiger partial charge in [0.05, 0.1) is 10.8 Å². The lowest BCUT2D eigenvalue weighted by Crippen LogP contribution is -2.43. The van der Waals surface area contributed by atoms with Gasteiger partial charge in [0.15, 0.2) is 5.82 Å². The monoisotopic (exact) mass is 255 g/mol. The van der Waals surface area contributed by atoms with Crippen LogP contribution in [0.3, 0.4) is 0 Å². The van der Waals surface area contributed by atoms with Crippen LogP contribution in [-0.4, -0.2) is 47.7 Å². The molecule has 2 aliphatic rings. The van der Waals surface area contributed by atoms with E-state index in [1.807, 2.05) is 23.8 Å². The molecule has 102 valence electrons. The Morgan fingerprint density at radius 3 is 2.83 bits per heavy atom. The first-order chi connectivity index (χ1) is 8.56. The van der Waals surface area contributed by atoms with E-state index in [0.717, 1.165) is 25.3 Å². The first-order valence-corrected chi connectivity index (χ1v) is 6.54. The maximum absolute atomic E-state index is 11.2. The lowest BCUT2D eigenvalue weighted by molar-refractivity contribution is -0.439. The molecule has 0 aliphatic carbocycles. The molecule has 1 fully saturated rings. The van der Waals surface area contributed by atoms with E-state index in [-0.39, 0.29) is 17.1 Å². The number of allylic oxidation sites excluding steroid dienone is 1. The summed E-state index contributed by atoms with van der Waals surface area (Å²) in [6.07, 6.45) is 1.66. The molecule has 2 unspecified atom stereocenters. The molecule has 2 rings (SSSR count).